The molecule has 3 rings (SSSR count). The molecule has 0 spiro atoms. The number of hydrogen-bond acceptors (Lipinski definition) is 4. The number of benzene rings is 2. The van der Waals surface area contributed by atoms with Gasteiger partial charge in [0, 0.05) is 16.6 Å². The number of Topliss-reactive ketones (excluding diaryl/α,β-unsaturated/α-hetero) is 1. The summed E-state index contributed by atoms with van der Waals surface area (Å²) in [5.41, 5.74) is -0.147. The molecule has 1 aromatic heterocycles. The van der Waals surface area contributed by atoms with Crippen LogP contribution in [0.1, 0.15) is 31.1 Å². The summed E-state index contributed by atoms with van der Waals surface area (Å²) >= 11 is 6.06. The smallest absolute Gasteiger partial charge is 0.336 e. The minimum absolute atomic E-state index is 0.0990. The Morgan fingerprint density at radius 3 is 2.31 bits per heavy atom. The molecule has 1 amide bonds. The van der Waals surface area contributed by atoms with Gasteiger partial charge in [-0.15, -0.1) is 0 Å². The molecule has 0 aliphatic heterocycles. The number of nitrogens with one attached hydrogen (secondary N) is 1. The van der Waals surface area contributed by atoms with Crippen molar-refractivity contribution in [3.8, 4) is 5.69 Å². The molecule has 0 fully saturated rings. The van der Waals surface area contributed by atoms with E-state index in [1.54, 1.807) is 18.2 Å². The van der Waals surface area contributed by atoms with E-state index in [1.807, 2.05) is 13.8 Å². The predicted molar refractivity (Wildman–Crippen MR) is 112 cm³/mol. The van der Waals surface area contributed by atoms with Gasteiger partial charge in [0.25, 0.3) is 5.56 Å². The molecule has 0 bridgehead atoms. The van der Waals surface area contributed by atoms with Crippen molar-refractivity contribution in [2.24, 2.45) is 0 Å². The molecule has 0 saturated carbocycles. The lowest BCUT2D eigenvalue weighted by atomic mass is 10.1. The van der Waals surface area contributed by atoms with Crippen LogP contribution in [0.4, 0.5) is 0 Å². The third-order valence-electron chi connectivity index (χ3n) is 4.39. The molecule has 0 aliphatic carbocycles. The molecule has 0 aliphatic rings. The summed E-state index contributed by atoms with van der Waals surface area (Å²) < 4.78 is 2.21. The second kappa shape index (κ2) is 8.05. The molecule has 0 saturated heterocycles. The second-order valence-electron chi connectivity index (χ2n) is 7.00. The molecular weight excluding hydrogens is 394 g/mol. The van der Waals surface area contributed by atoms with Gasteiger partial charge >= 0.3 is 5.69 Å². The third-order valence-corrected chi connectivity index (χ3v) is 4.62. The van der Waals surface area contributed by atoms with Gasteiger partial charge in [-0.2, -0.15) is 0 Å². The van der Waals surface area contributed by atoms with E-state index in [9.17, 15) is 19.2 Å². The zero-order valence-corrected chi connectivity index (χ0v) is 17.0. The number of fused-ring (bicyclic) bond motifs is 1. The Bertz CT molecular complexity index is 1220. The Hall–Kier alpha value is -3.19. The maximum absolute atomic E-state index is 13.2. The molecule has 1 heterocycles. The third kappa shape index (κ3) is 4.14. The van der Waals surface area contributed by atoms with Crippen molar-refractivity contribution >= 4 is 34.2 Å². The van der Waals surface area contributed by atoms with Gasteiger partial charge in [0.1, 0.15) is 6.54 Å². The van der Waals surface area contributed by atoms with Gasteiger partial charge in [0.15, 0.2) is 5.78 Å². The van der Waals surface area contributed by atoms with Crippen molar-refractivity contribution in [1.82, 2.24) is 14.5 Å². The van der Waals surface area contributed by atoms with Crippen molar-refractivity contribution < 1.29 is 9.59 Å². The van der Waals surface area contributed by atoms with Gasteiger partial charge in [-0.25, -0.2) is 9.36 Å². The molecule has 7 nitrogen and oxygen atoms in total. The molecule has 2 aromatic carbocycles. The summed E-state index contributed by atoms with van der Waals surface area (Å²) in [5.74, 6) is -0.486. The van der Waals surface area contributed by atoms with Crippen LogP contribution in [0.5, 0.6) is 0 Å². The highest BCUT2D eigenvalue weighted by molar-refractivity contribution is 6.31. The zero-order chi connectivity index (χ0) is 21.3. The van der Waals surface area contributed by atoms with Crippen molar-refractivity contribution in [2.75, 3.05) is 0 Å². The minimum atomic E-state index is -0.667. The summed E-state index contributed by atoms with van der Waals surface area (Å²) in [6.07, 6.45) is 0. The van der Waals surface area contributed by atoms with E-state index in [-0.39, 0.29) is 35.2 Å². The zero-order valence-electron chi connectivity index (χ0n) is 16.2. The number of hydrogen-bond donors (Lipinski definition) is 1. The van der Waals surface area contributed by atoms with E-state index < -0.39 is 11.2 Å². The number of aromatic nitrogens is 2. The largest absolute Gasteiger partial charge is 0.352 e. The second-order valence-corrected chi connectivity index (χ2v) is 7.43. The Balaban J connectivity index is 2.27. The SMILES string of the molecule is CC(=O)c1ccc(-n2c(=O)c3ccc(Cl)cc3n(CC(=O)NC(C)C)c2=O)cc1. The molecule has 0 radical (unpaired) electrons. The topological polar surface area (TPSA) is 90.2 Å². The summed E-state index contributed by atoms with van der Waals surface area (Å²) in [5, 5.41) is 3.33. The number of amides is 1. The van der Waals surface area contributed by atoms with Crippen LogP contribution >= 0.6 is 11.6 Å². The van der Waals surface area contributed by atoms with Gasteiger partial charge in [-0.3, -0.25) is 19.0 Å². The van der Waals surface area contributed by atoms with E-state index in [2.05, 4.69) is 5.32 Å². The molecule has 29 heavy (non-hydrogen) atoms. The Kier molecular flexibility index (Phi) is 5.70. The maximum atomic E-state index is 13.2. The van der Waals surface area contributed by atoms with Crippen molar-refractivity contribution in [3.05, 3.63) is 73.9 Å². The molecule has 8 heteroatoms. The van der Waals surface area contributed by atoms with Gasteiger partial charge in [-0.05, 0) is 63.2 Å². The van der Waals surface area contributed by atoms with Gasteiger partial charge in [0.2, 0.25) is 5.91 Å². The lowest BCUT2D eigenvalue weighted by Gasteiger charge is -2.15. The average Bonchev–Trinajstić information content (AvgIpc) is 2.65. The van der Waals surface area contributed by atoms with Gasteiger partial charge in [0.05, 0.1) is 16.6 Å². The summed E-state index contributed by atoms with van der Waals surface area (Å²) in [6, 6.07) is 10.6. The summed E-state index contributed by atoms with van der Waals surface area (Å²) in [7, 11) is 0. The van der Waals surface area contributed by atoms with Crippen LogP contribution in [0, 0.1) is 0 Å². The van der Waals surface area contributed by atoms with E-state index in [4.69, 9.17) is 11.6 Å². The highest BCUT2D eigenvalue weighted by atomic mass is 35.5. The molecule has 1 N–H and O–H groups in total. The molecule has 0 unspecified atom stereocenters. The van der Waals surface area contributed by atoms with Crippen molar-refractivity contribution in [1.29, 1.82) is 0 Å². The highest BCUT2D eigenvalue weighted by Crippen LogP contribution is 2.17. The van der Waals surface area contributed by atoms with Gasteiger partial charge < -0.3 is 5.32 Å². The van der Waals surface area contributed by atoms with E-state index in [0.717, 1.165) is 4.57 Å². The lowest BCUT2D eigenvalue weighted by molar-refractivity contribution is -0.122. The first-order chi connectivity index (χ1) is 13.7. The van der Waals surface area contributed by atoms with Gasteiger partial charge in [-0.1, -0.05) is 11.6 Å². The standard InChI is InChI=1S/C21H20ClN3O4/c1-12(2)23-19(27)11-24-18-10-15(22)6-9-17(18)20(28)25(21(24)29)16-7-4-14(5-8-16)13(3)26/h4-10,12H,11H2,1-3H3,(H,23,27). The van der Waals surface area contributed by atoms with E-state index in [0.29, 0.717) is 16.3 Å². The van der Waals surface area contributed by atoms with E-state index >= 15 is 0 Å². The van der Waals surface area contributed by atoms with Crippen molar-refractivity contribution in [2.45, 2.75) is 33.4 Å². The fourth-order valence-electron chi connectivity index (χ4n) is 3.08. The first-order valence-electron chi connectivity index (χ1n) is 9.05. The van der Waals surface area contributed by atoms with E-state index in [1.165, 1.54) is 35.8 Å². The van der Waals surface area contributed by atoms with Crippen LogP contribution in [0.2, 0.25) is 5.02 Å². The monoisotopic (exact) mass is 413 g/mol. The normalized spacial score (nSPS) is 11.1. The Morgan fingerprint density at radius 1 is 1.07 bits per heavy atom. The van der Waals surface area contributed by atoms with Crippen molar-refractivity contribution in [3.63, 3.8) is 0 Å². The van der Waals surface area contributed by atoms with Crippen LogP contribution in [0.3, 0.4) is 0 Å². The summed E-state index contributed by atoms with van der Waals surface area (Å²) in [6.45, 7) is 4.79. The fourth-order valence-corrected chi connectivity index (χ4v) is 3.24. The number of rotatable bonds is 5. The number of carbonyl (C=O) groups excluding carboxylic acids is 2. The van der Waals surface area contributed by atoms with Crippen LogP contribution < -0.4 is 16.6 Å². The van der Waals surface area contributed by atoms with Crippen LogP contribution in [0.25, 0.3) is 16.6 Å². The Morgan fingerprint density at radius 2 is 1.72 bits per heavy atom. The lowest BCUT2D eigenvalue weighted by Crippen LogP contribution is -2.42. The maximum Gasteiger partial charge on any atom is 0.336 e. The molecular formula is C21H20ClN3O4. The molecule has 150 valence electrons. The summed E-state index contributed by atoms with van der Waals surface area (Å²) in [4.78, 5) is 50.1. The minimum Gasteiger partial charge on any atom is -0.352 e. The van der Waals surface area contributed by atoms with Crippen LogP contribution in [-0.4, -0.2) is 26.9 Å². The first-order valence-corrected chi connectivity index (χ1v) is 9.42. The first kappa shape index (κ1) is 20.5. The van der Waals surface area contributed by atoms with Crippen LogP contribution in [-0.2, 0) is 11.3 Å². The number of halogens is 1. The fraction of sp³-hybridized carbons (Fsp3) is 0.238. The Labute approximate surface area is 171 Å². The molecule has 0 atom stereocenters. The average molecular weight is 414 g/mol. The number of carbonyl (C=O) groups is 2. The predicted octanol–water partition coefficient (Wildman–Crippen LogP) is 2.53. The van der Waals surface area contributed by atoms with Crippen LogP contribution in [0.15, 0.2) is 52.1 Å². The quantitative estimate of drug-likeness (QED) is 0.651. The number of ketones is 1. The number of nitrogens with zero attached hydrogens (tertiary/aromatic N) is 2. The molecule has 3 aromatic rings. The highest BCUT2D eigenvalue weighted by Gasteiger charge is 2.17.